The standard InChI is InChI=1S/C44H44O7/c1-24(28-13-7-5-8-14-28)12-11-17-30-31-20-26(3)38(42(49)33(31)22-36(46)41(30)48)39-27(4)21-32-34(43(39)50)23-37(47)44(51)40(32)35(45)19-18-25(2)29-15-9-6-10-16-29/h5-10,13-16,20-25,46-51H,11-12,17-19H2,1-4H3. The lowest BCUT2D eigenvalue weighted by Gasteiger charge is -2.20. The maximum atomic E-state index is 13.6. The lowest BCUT2D eigenvalue weighted by molar-refractivity contribution is 0.0976. The van der Waals surface area contributed by atoms with Crippen molar-refractivity contribution in [2.45, 2.75) is 71.6 Å². The second-order valence-corrected chi connectivity index (χ2v) is 13.8. The number of rotatable bonds is 11. The lowest BCUT2D eigenvalue weighted by atomic mass is 9.86. The predicted molar refractivity (Wildman–Crippen MR) is 203 cm³/mol. The van der Waals surface area contributed by atoms with Crippen LogP contribution in [0.15, 0.2) is 84.9 Å². The molecule has 0 saturated heterocycles. The Balaban J connectivity index is 1.39. The number of carbonyl (C=O) groups is 1. The number of aromatic hydroxyl groups is 6. The SMILES string of the molecule is Cc1cc2c(CCCC(C)c3ccccc3)c(O)c(O)cc2c(O)c1-c1c(C)cc2c(C(=O)CCC(C)c3ccccc3)c(O)c(O)cc2c1O. The van der Waals surface area contributed by atoms with Crippen LogP contribution < -0.4 is 0 Å². The summed E-state index contributed by atoms with van der Waals surface area (Å²) in [5.41, 5.74) is 4.50. The predicted octanol–water partition coefficient (Wildman–Crippen LogP) is 10.4. The first-order chi connectivity index (χ1) is 24.4. The van der Waals surface area contributed by atoms with Gasteiger partial charge in [-0.3, -0.25) is 4.79 Å². The highest BCUT2D eigenvalue weighted by Crippen LogP contribution is 2.51. The third kappa shape index (κ3) is 6.64. The molecule has 51 heavy (non-hydrogen) atoms. The Hall–Kier alpha value is -5.69. The smallest absolute Gasteiger partial charge is 0.169 e. The summed E-state index contributed by atoms with van der Waals surface area (Å²) in [6, 6.07) is 26.1. The van der Waals surface area contributed by atoms with Gasteiger partial charge in [-0.1, -0.05) is 80.6 Å². The number of hydrogen-bond acceptors (Lipinski definition) is 7. The molecule has 0 aromatic heterocycles. The third-order valence-corrected chi connectivity index (χ3v) is 10.4. The zero-order valence-electron chi connectivity index (χ0n) is 29.4. The largest absolute Gasteiger partial charge is 0.507 e. The molecule has 7 nitrogen and oxygen atoms in total. The third-order valence-electron chi connectivity index (χ3n) is 10.4. The average Bonchev–Trinajstić information content (AvgIpc) is 3.12. The van der Waals surface area contributed by atoms with Crippen molar-refractivity contribution in [3.63, 3.8) is 0 Å². The number of aryl methyl sites for hydroxylation is 3. The number of carbonyl (C=O) groups excluding carboxylic acids is 1. The molecule has 2 atom stereocenters. The van der Waals surface area contributed by atoms with Crippen LogP contribution in [-0.4, -0.2) is 36.4 Å². The summed E-state index contributed by atoms with van der Waals surface area (Å²) in [6.07, 6.45) is 2.68. The van der Waals surface area contributed by atoms with E-state index in [1.165, 1.54) is 17.7 Å². The minimum absolute atomic E-state index is 0.0683. The van der Waals surface area contributed by atoms with Crippen LogP contribution in [0.3, 0.4) is 0 Å². The minimum Gasteiger partial charge on any atom is -0.507 e. The lowest BCUT2D eigenvalue weighted by Crippen LogP contribution is -2.05. The summed E-state index contributed by atoms with van der Waals surface area (Å²) in [7, 11) is 0. The van der Waals surface area contributed by atoms with Gasteiger partial charge in [0.05, 0.1) is 5.56 Å². The Morgan fingerprint density at radius 1 is 0.569 bits per heavy atom. The highest BCUT2D eigenvalue weighted by molar-refractivity contribution is 6.14. The fourth-order valence-electron chi connectivity index (χ4n) is 7.45. The van der Waals surface area contributed by atoms with Crippen LogP contribution >= 0.6 is 0 Å². The van der Waals surface area contributed by atoms with Crippen molar-refractivity contribution in [1.82, 2.24) is 0 Å². The molecule has 6 aromatic carbocycles. The van der Waals surface area contributed by atoms with E-state index in [0.29, 0.717) is 51.8 Å². The first-order valence-corrected chi connectivity index (χ1v) is 17.4. The van der Waals surface area contributed by atoms with Gasteiger partial charge in [-0.05, 0) is 97.2 Å². The molecule has 7 heteroatoms. The molecule has 0 bridgehead atoms. The van der Waals surface area contributed by atoms with Gasteiger partial charge in [0.1, 0.15) is 11.5 Å². The van der Waals surface area contributed by atoms with Crippen molar-refractivity contribution in [1.29, 1.82) is 0 Å². The zero-order chi connectivity index (χ0) is 36.6. The molecule has 0 aliphatic carbocycles. The van der Waals surface area contributed by atoms with Crippen molar-refractivity contribution >= 4 is 27.3 Å². The van der Waals surface area contributed by atoms with Crippen molar-refractivity contribution in [2.75, 3.05) is 0 Å². The molecule has 262 valence electrons. The van der Waals surface area contributed by atoms with Gasteiger partial charge in [0.15, 0.2) is 28.8 Å². The number of phenols is 6. The number of fused-ring (bicyclic) bond motifs is 2. The van der Waals surface area contributed by atoms with Crippen LogP contribution in [0.5, 0.6) is 34.5 Å². The van der Waals surface area contributed by atoms with E-state index >= 15 is 0 Å². The Morgan fingerprint density at radius 2 is 1.04 bits per heavy atom. The molecule has 0 heterocycles. The second-order valence-electron chi connectivity index (χ2n) is 13.8. The molecule has 0 spiro atoms. The summed E-state index contributed by atoms with van der Waals surface area (Å²) >= 11 is 0. The maximum absolute atomic E-state index is 13.6. The summed E-state index contributed by atoms with van der Waals surface area (Å²) in [4.78, 5) is 13.6. The molecule has 6 N–H and O–H groups in total. The summed E-state index contributed by atoms with van der Waals surface area (Å²) in [6.45, 7) is 7.71. The zero-order valence-corrected chi connectivity index (χ0v) is 29.4. The number of Topliss-reactive ketones (excluding diaryl/α,β-unsaturated/α-hetero) is 1. The maximum Gasteiger partial charge on any atom is 0.169 e. The molecule has 0 fully saturated rings. The first kappa shape index (κ1) is 35.1. The van der Waals surface area contributed by atoms with Crippen molar-refractivity contribution < 1.29 is 35.4 Å². The fourth-order valence-corrected chi connectivity index (χ4v) is 7.45. The highest BCUT2D eigenvalue weighted by Gasteiger charge is 2.27. The van der Waals surface area contributed by atoms with Crippen LogP contribution in [0.4, 0.5) is 0 Å². The van der Waals surface area contributed by atoms with Crippen LogP contribution in [-0.2, 0) is 6.42 Å². The van der Waals surface area contributed by atoms with E-state index in [9.17, 15) is 35.4 Å². The monoisotopic (exact) mass is 684 g/mol. The number of phenolic OH excluding ortho intramolecular Hbond substituents is 6. The van der Waals surface area contributed by atoms with E-state index in [1.54, 1.807) is 19.9 Å². The van der Waals surface area contributed by atoms with Gasteiger partial charge in [-0.25, -0.2) is 0 Å². The van der Waals surface area contributed by atoms with E-state index in [2.05, 4.69) is 19.1 Å². The Morgan fingerprint density at radius 3 is 1.59 bits per heavy atom. The number of ketones is 1. The first-order valence-electron chi connectivity index (χ1n) is 17.4. The molecule has 6 aromatic rings. The molecule has 0 aliphatic heterocycles. The van der Waals surface area contributed by atoms with E-state index in [-0.39, 0.29) is 63.0 Å². The van der Waals surface area contributed by atoms with E-state index < -0.39 is 11.5 Å². The molecule has 6 rings (SSSR count). The summed E-state index contributed by atoms with van der Waals surface area (Å²) < 4.78 is 0. The van der Waals surface area contributed by atoms with Gasteiger partial charge in [0.2, 0.25) is 0 Å². The summed E-state index contributed by atoms with van der Waals surface area (Å²) in [5, 5.41) is 68.4. The van der Waals surface area contributed by atoms with E-state index in [0.717, 1.165) is 18.4 Å². The molecule has 2 unspecified atom stereocenters. The molecule has 0 radical (unpaired) electrons. The van der Waals surface area contributed by atoms with Crippen LogP contribution in [0.25, 0.3) is 32.7 Å². The molecular formula is C44H44O7. The van der Waals surface area contributed by atoms with Crippen molar-refractivity contribution in [3.8, 4) is 45.6 Å². The Kier molecular flexibility index (Phi) is 9.84. The van der Waals surface area contributed by atoms with Crippen LogP contribution in [0, 0.1) is 13.8 Å². The second kappa shape index (κ2) is 14.3. The van der Waals surface area contributed by atoms with Gasteiger partial charge < -0.3 is 30.6 Å². The fraction of sp³-hybridized carbons (Fsp3) is 0.250. The van der Waals surface area contributed by atoms with Crippen LogP contribution in [0.1, 0.15) is 89.5 Å². The van der Waals surface area contributed by atoms with Gasteiger partial charge in [0.25, 0.3) is 0 Å². The summed E-state index contributed by atoms with van der Waals surface area (Å²) in [5.74, 6) is -2.12. The average molecular weight is 685 g/mol. The van der Waals surface area contributed by atoms with Gasteiger partial charge >= 0.3 is 0 Å². The quantitative estimate of drug-likeness (QED) is 0.0590. The van der Waals surface area contributed by atoms with Gasteiger partial charge in [0, 0.05) is 39.3 Å². The normalized spacial score (nSPS) is 12.7. The molecule has 0 saturated carbocycles. The number of benzene rings is 6. The Bertz CT molecular complexity index is 2260. The van der Waals surface area contributed by atoms with Crippen molar-refractivity contribution in [3.05, 3.63) is 118 Å². The number of hydrogen-bond donors (Lipinski definition) is 6. The molecular weight excluding hydrogens is 640 g/mol. The highest BCUT2D eigenvalue weighted by atomic mass is 16.3. The van der Waals surface area contributed by atoms with E-state index in [1.807, 2.05) is 61.5 Å². The van der Waals surface area contributed by atoms with Crippen LogP contribution in [0.2, 0.25) is 0 Å². The Labute approximate surface area is 297 Å². The van der Waals surface area contributed by atoms with E-state index in [4.69, 9.17) is 0 Å². The molecule has 0 amide bonds. The molecule has 0 aliphatic rings. The minimum atomic E-state index is -0.544. The van der Waals surface area contributed by atoms with Crippen molar-refractivity contribution in [2.24, 2.45) is 0 Å². The van der Waals surface area contributed by atoms with Gasteiger partial charge in [-0.15, -0.1) is 0 Å². The van der Waals surface area contributed by atoms with Gasteiger partial charge in [-0.2, -0.15) is 0 Å². The topological polar surface area (TPSA) is 138 Å².